The smallest absolute Gasteiger partial charge is 0.274 e. The lowest BCUT2D eigenvalue weighted by Gasteiger charge is -2.19. The van der Waals surface area contributed by atoms with Crippen molar-refractivity contribution in [3.05, 3.63) is 11.4 Å². The molecule has 1 aliphatic rings. The van der Waals surface area contributed by atoms with Crippen molar-refractivity contribution in [2.45, 2.75) is 26.8 Å². The summed E-state index contributed by atoms with van der Waals surface area (Å²) < 4.78 is 1.59. The molecule has 7 nitrogen and oxygen atoms in total. The van der Waals surface area contributed by atoms with E-state index >= 15 is 0 Å². The number of carbonyl (C=O) groups excluding carboxylic acids is 2. The number of aryl methyl sites for hydroxylation is 2. The zero-order valence-corrected chi connectivity index (χ0v) is 11.3. The third kappa shape index (κ3) is 2.54. The Kier molecular flexibility index (Phi) is 3.73. The maximum absolute atomic E-state index is 12.5. The summed E-state index contributed by atoms with van der Waals surface area (Å²) in [7, 11) is 0. The number of amides is 2. The van der Waals surface area contributed by atoms with Gasteiger partial charge in [-0.25, -0.2) is 0 Å². The number of rotatable bonds is 2. The van der Waals surface area contributed by atoms with Crippen LogP contribution >= 0.6 is 0 Å². The Labute approximate surface area is 111 Å². The highest BCUT2D eigenvalue weighted by atomic mass is 16.2. The Bertz CT molecular complexity index is 508. The van der Waals surface area contributed by atoms with Gasteiger partial charge in [0.1, 0.15) is 5.69 Å². The first-order valence-electron chi connectivity index (χ1n) is 6.43. The molecule has 0 radical (unpaired) electrons. The Morgan fingerprint density at radius 1 is 1.53 bits per heavy atom. The summed E-state index contributed by atoms with van der Waals surface area (Å²) in [6, 6.07) is 0. The van der Waals surface area contributed by atoms with E-state index in [1.807, 2.05) is 6.92 Å². The van der Waals surface area contributed by atoms with Gasteiger partial charge in [0.2, 0.25) is 5.91 Å². The van der Waals surface area contributed by atoms with Crippen LogP contribution in [-0.4, -0.2) is 46.1 Å². The number of nitrogen functional groups attached to an aromatic ring is 1. The van der Waals surface area contributed by atoms with Crippen LogP contribution in [0.4, 0.5) is 5.69 Å². The normalized spacial score (nSPS) is 16.1. The molecule has 2 rings (SSSR count). The second-order valence-corrected chi connectivity index (χ2v) is 4.59. The first-order chi connectivity index (χ1) is 9.04. The number of carbonyl (C=O) groups is 2. The molecule has 0 unspecified atom stereocenters. The lowest BCUT2D eigenvalue weighted by molar-refractivity contribution is -0.121. The lowest BCUT2D eigenvalue weighted by Crippen LogP contribution is -2.38. The molecule has 2 amide bonds. The lowest BCUT2D eigenvalue weighted by atomic mass is 10.2. The van der Waals surface area contributed by atoms with Gasteiger partial charge >= 0.3 is 0 Å². The summed E-state index contributed by atoms with van der Waals surface area (Å²) >= 11 is 0. The average molecular weight is 265 g/mol. The molecular formula is C12H19N5O2. The molecule has 1 saturated heterocycles. The van der Waals surface area contributed by atoms with E-state index in [1.54, 1.807) is 11.6 Å². The minimum absolute atomic E-state index is 0.0756. The van der Waals surface area contributed by atoms with Gasteiger partial charge in [0.15, 0.2) is 0 Å². The van der Waals surface area contributed by atoms with Crippen LogP contribution in [0, 0.1) is 6.92 Å². The highest BCUT2D eigenvalue weighted by molar-refractivity contribution is 5.99. The van der Waals surface area contributed by atoms with E-state index in [1.165, 1.54) is 4.90 Å². The fourth-order valence-electron chi connectivity index (χ4n) is 2.18. The van der Waals surface area contributed by atoms with Gasteiger partial charge in [0, 0.05) is 19.6 Å². The first kappa shape index (κ1) is 13.4. The van der Waals surface area contributed by atoms with E-state index in [4.69, 9.17) is 5.73 Å². The molecule has 19 heavy (non-hydrogen) atoms. The first-order valence-corrected chi connectivity index (χ1v) is 6.43. The number of nitrogens with one attached hydrogen (secondary N) is 1. The molecule has 104 valence electrons. The van der Waals surface area contributed by atoms with E-state index in [0.717, 1.165) is 6.42 Å². The van der Waals surface area contributed by atoms with Crippen molar-refractivity contribution in [1.29, 1.82) is 0 Å². The van der Waals surface area contributed by atoms with Crippen LogP contribution in [0.15, 0.2) is 0 Å². The minimum Gasteiger partial charge on any atom is -0.395 e. The fraction of sp³-hybridized carbons (Fsp3) is 0.583. The quantitative estimate of drug-likeness (QED) is 0.771. The predicted molar refractivity (Wildman–Crippen MR) is 70.6 cm³/mol. The monoisotopic (exact) mass is 265 g/mol. The van der Waals surface area contributed by atoms with Crippen LogP contribution in [0.2, 0.25) is 0 Å². The largest absolute Gasteiger partial charge is 0.395 e. The molecule has 7 heteroatoms. The fourth-order valence-corrected chi connectivity index (χ4v) is 2.18. The molecule has 1 aromatic heterocycles. The van der Waals surface area contributed by atoms with Crippen molar-refractivity contribution in [2.75, 3.05) is 25.4 Å². The highest BCUT2D eigenvalue weighted by Gasteiger charge is 2.26. The minimum atomic E-state index is -0.225. The number of hydrogen-bond acceptors (Lipinski definition) is 4. The molecule has 1 aromatic rings. The third-order valence-corrected chi connectivity index (χ3v) is 3.22. The van der Waals surface area contributed by atoms with Crippen LogP contribution in [0.25, 0.3) is 0 Å². The summed E-state index contributed by atoms with van der Waals surface area (Å²) in [6.45, 7) is 5.46. The Morgan fingerprint density at radius 2 is 2.26 bits per heavy atom. The molecule has 0 aromatic carbocycles. The molecule has 0 aliphatic carbocycles. The van der Waals surface area contributed by atoms with Crippen molar-refractivity contribution in [3.8, 4) is 0 Å². The van der Waals surface area contributed by atoms with Gasteiger partial charge in [-0.3, -0.25) is 14.3 Å². The molecule has 0 saturated carbocycles. The molecule has 3 N–H and O–H groups in total. The summed E-state index contributed by atoms with van der Waals surface area (Å²) in [5.74, 6) is -0.360. The SMILES string of the molecule is CCn1nc(C)c(N)c1C(=O)N1CCCNC(=O)C1. The van der Waals surface area contributed by atoms with Crippen LogP contribution in [-0.2, 0) is 11.3 Å². The molecule has 1 aliphatic heterocycles. The summed E-state index contributed by atoms with van der Waals surface area (Å²) in [4.78, 5) is 25.6. The number of hydrogen-bond donors (Lipinski definition) is 2. The van der Waals surface area contributed by atoms with Gasteiger partial charge in [-0.2, -0.15) is 5.10 Å². The molecular weight excluding hydrogens is 246 g/mol. The van der Waals surface area contributed by atoms with E-state index in [2.05, 4.69) is 10.4 Å². The van der Waals surface area contributed by atoms with Crippen LogP contribution in [0.5, 0.6) is 0 Å². The van der Waals surface area contributed by atoms with Crippen molar-refractivity contribution >= 4 is 17.5 Å². The topological polar surface area (TPSA) is 93.2 Å². The predicted octanol–water partition coefficient (Wildman–Crippen LogP) is -0.244. The Balaban J connectivity index is 2.30. The van der Waals surface area contributed by atoms with Gasteiger partial charge in [-0.05, 0) is 20.3 Å². The van der Waals surface area contributed by atoms with E-state index < -0.39 is 0 Å². The molecule has 2 heterocycles. The van der Waals surface area contributed by atoms with E-state index in [9.17, 15) is 9.59 Å². The summed E-state index contributed by atoms with van der Waals surface area (Å²) in [6.07, 6.45) is 0.747. The third-order valence-electron chi connectivity index (χ3n) is 3.22. The maximum Gasteiger partial charge on any atom is 0.274 e. The van der Waals surface area contributed by atoms with Gasteiger partial charge in [-0.1, -0.05) is 0 Å². The number of nitrogens with two attached hydrogens (primary N) is 1. The van der Waals surface area contributed by atoms with Crippen molar-refractivity contribution in [1.82, 2.24) is 20.0 Å². The second-order valence-electron chi connectivity index (χ2n) is 4.59. The zero-order valence-electron chi connectivity index (χ0n) is 11.3. The Morgan fingerprint density at radius 3 is 2.95 bits per heavy atom. The standard InChI is InChI=1S/C12H19N5O2/c1-3-17-11(10(13)8(2)15-17)12(19)16-6-4-5-14-9(18)7-16/h3-7,13H2,1-2H3,(H,14,18). The maximum atomic E-state index is 12.5. The molecule has 1 fully saturated rings. The van der Waals surface area contributed by atoms with Gasteiger partial charge < -0.3 is 16.0 Å². The van der Waals surface area contributed by atoms with Gasteiger partial charge in [0.05, 0.1) is 17.9 Å². The summed E-state index contributed by atoms with van der Waals surface area (Å²) in [5, 5.41) is 6.97. The van der Waals surface area contributed by atoms with Crippen molar-refractivity contribution < 1.29 is 9.59 Å². The van der Waals surface area contributed by atoms with Gasteiger partial charge in [0.25, 0.3) is 5.91 Å². The average Bonchev–Trinajstić information content (AvgIpc) is 2.55. The number of anilines is 1. The van der Waals surface area contributed by atoms with Crippen LogP contribution < -0.4 is 11.1 Å². The summed E-state index contributed by atoms with van der Waals surface area (Å²) in [5.41, 5.74) is 7.36. The molecule has 0 spiro atoms. The van der Waals surface area contributed by atoms with E-state index in [0.29, 0.717) is 36.7 Å². The van der Waals surface area contributed by atoms with Crippen molar-refractivity contribution in [3.63, 3.8) is 0 Å². The number of nitrogens with zero attached hydrogens (tertiary/aromatic N) is 3. The highest BCUT2D eigenvalue weighted by Crippen LogP contribution is 2.19. The van der Waals surface area contributed by atoms with Crippen molar-refractivity contribution in [2.24, 2.45) is 0 Å². The Hall–Kier alpha value is -2.05. The number of aromatic nitrogens is 2. The molecule has 0 atom stereocenters. The second kappa shape index (κ2) is 5.29. The van der Waals surface area contributed by atoms with Crippen LogP contribution in [0.1, 0.15) is 29.5 Å². The van der Waals surface area contributed by atoms with E-state index in [-0.39, 0.29) is 18.4 Å². The molecule has 0 bridgehead atoms. The van der Waals surface area contributed by atoms with Crippen LogP contribution in [0.3, 0.4) is 0 Å². The van der Waals surface area contributed by atoms with Gasteiger partial charge in [-0.15, -0.1) is 0 Å². The zero-order chi connectivity index (χ0) is 14.0.